The van der Waals surface area contributed by atoms with Gasteiger partial charge in [0.05, 0.1) is 18.8 Å². The summed E-state index contributed by atoms with van der Waals surface area (Å²) in [6.45, 7) is 3.15. The number of amides is 1. The van der Waals surface area contributed by atoms with E-state index in [1.807, 2.05) is 12.1 Å². The highest BCUT2D eigenvalue weighted by Gasteiger charge is 2.12. The van der Waals surface area contributed by atoms with Gasteiger partial charge in [-0.05, 0) is 34.1 Å². The van der Waals surface area contributed by atoms with Crippen LogP contribution in [0.1, 0.15) is 10.4 Å². The molecule has 1 aliphatic heterocycles. The number of nitrogens with two attached hydrogens (primary N) is 1. The Morgan fingerprint density at radius 2 is 2.44 bits per heavy atom. The number of anilines is 1. The Balaban J connectivity index is 1.93. The predicted octanol–water partition coefficient (Wildman–Crippen LogP) is 0.948. The van der Waals surface area contributed by atoms with Crippen LogP contribution < -0.4 is 16.4 Å². The monoisotopic (exact) mass is 313 g/mol. The summed E-state index contributed by atoms with van der Waals surface area (Å²) in [5.41, 5.74) is 6.67. The molecule has 0 saturated carbocycles. The minimum atomic E-state index is -0.434. The third-order valence-corrected chi connectivity index (χ3v) is 3.44. The quantitative estimate of drug-likeness (QED) is 0.773. The van der Waals surface area contributed by atoms with E-state index in [1.165, 1.54) is 0 Å². The lowest BCUT2D eigenvalue weighted by molar-refractivity contribution is 0.0806. The number of rotatable bonds is 4. The minimum absolute atomic E-state index is 0.313. The third-order valence-electron chi connectivity index (χ3n) is 2.79. The molecule has 4 N–H and O–H groups in total. The largest absolute Gasteiger partial charge is 0.383 e. The molecule has 0 radical (unpaired) electrons. The van der Waals surface area contributed by atoms with E-state index in [-0.39, 0.29) is 0 Å². The second-order valence-electron chi connectivity index (χ2n) is 4.17. The van der Waals surface area contributed by atoms with Gasteiger partial charge >= 0.3 is 0 Å². The number of morpholine rings is 1. The fourth-order valence-corrected chi connectivity index (χ4v) is 2.39. The van der Waals surface area contributed by atoms with Crippen LogP contribution in [0.25, 0.3) is 0 Å². The van der Waals surface area contributed by atoms with Crippen molar-refractivity contribution in [1.29, 1.82) is 0 Å². The molecule has 1 fully saturated rings. The third kappa shape index (κ3) is 3.44. The van der Waals surface area contributed by atoms with E-state index in [0.717, 1.165) is 25.4 Å². The first-order valence-corrected chi connectivity index (χ1v) is 6.60. The summed E-state index contributed by atoms with van der Waals surface area (Å²) in [5, 5.41) is 6.66. The van der Waals surface area contributed by atoms with Crippen LogP contribution in [-0.2, 0) is 4.74 Å². The molecule has 1 atom stereocenters. The molecular weight excluding hydrogens is 298 g/mol. The van der Waals surface area contributed by atoms with E-state index in [1.54, 1.807) is 6.07 Å². The molecule has 5 nitrogen and oxygen atoms in total. The van der Waals surface area contributed by atoms with Gasteiger partial charge in [-0.2, -0.15) is 0 Å². The number of carbonyl (C=O) groups is 1. The van der Waals surface area contributed by atoms with E-state index in [2.05, 4.69) is 26.6 Å². The predicted molar refractivity (Wildman–Crippen MR) is 73.8 cm³/mol. The maximum Gasteiger partial charge on any atom is 0.249 e. The lowest BCUT2D eigenvalue weighted by atomic mass is 10.2. The lowest BCUT2D eigenvalue weighted by Gasteiger charge is -2.24. The number of halogens is 1. The van der Waals surface area contributed by atoms with E-state index < -0.39 is 5.91 Å². The highest BCUT2D eigenvalue weighted by molar-refractivity contribution is 9.10. The molecule has 1 amide bonds. The molecule has 0 bridgehead atoms. The first kappa shape index (κ1) is 13.3. The zero-order valence-electron chi connectivity index (χ0n) is 9.91. The second kappa shape index (κ2) is 6.17. The molecule has 6 heteroatoms. The maximum absolute atomic E-state index is 11.1. The number of nitrogens with one attached hydrogen (secondary N) is 2. The fraction of sp³-hybridized carbons (Fsp3) is 0.417. The molecule has 1 unspecified atom stereocenters. The smallest absolute Gasteiger partial charge is 0.249 e. The van der Waals surface area contributed by atoms with Gasteiger partial charge < -0.3 is 21.1 Å². The van der Waals surface area contributed by atoms with Crippen molar-refractivity contribution in [3.8, 4) is 0 Å². The number of ether oxygens (including phenoxy) is 1. The first-order valence-electron chi connectivity index (χ1n) is 5.81. The second-order valence-corrected chi connectivity index (χ2v) is 5.02. The Kier molecular flexibility index (Phi) is 4.57. The van der Waals surface area contributed by atoms with E-state index in [9.17, 15) is 4.79 Å². The van der Waals surface area contributed by atoms with Crippen LogP contribution in [-0.4, -0.2) is 38.3 Å². The van der Waals surface area contributed by atoms with Gasteiger partial charge in [0.1, 0.15) is 0 Å². The summed E-state index contributed by atoms with van der Waals surface area (Å²) in [4.78, 5) is 11.1. The van der Waals surface area contributed by atoms with Crippen molar-refractivity contribution in [2.75, 3.05) is 31.6 Å². The van der Waals surface area contributed by atoms with Gasteiger partial charge in [-0.15, -0.1) is 0 Å². The van der Waals surface area contributed by atoms with Gasteiger partial charge in [-0.3, -0.25) is 4.79 Å². The number of hydrogen-bond donors (Lipinski definition) is 3. The summed E-state index contributed by atoms with van der Waals surface area (Å²) in [5.74, 6) is -0.434. The lowest BCUT2D eigenvalue weighted by Crippen LogP contribution is -2.45. The molecule has 1 heterocycles. The van der Waals surface area contributed by atoms with Crippen LogP contribution in [0.2, 0.25) is 0 Å². The van der Waals surface area contributed by atoms with E-state index >= 15 is 0 Å². The van der Waals surface area contributed by atoms with Crippen LogP contribution in [0.5, 0.6) is 0 Å². The first-order chi connectivity index (χ1) is 8.66. The van der Waals surface area contributed by atoms with Crippen molar-refractivity contribution >= 4 is 27.5 Å². The molecule has 2 rings (SSSR count). The van der Waals surface area contributed by atoms with Crippen LogP contribution in [0.4, 0.5) is 5.69 Å². The molecule has 1 aliphatic rings. The normalized spacial score (nSPS) is 19.5. The van der Waals surface area contributed by atoms with Crippen LogP contribution >= 0.6 is 15.9 Å². The fourth-order valence-electron chi connectivity index (χ4n) is 1.82. The van der Waals surface area contributed by atoms with Crippen molar-refractivity contribution in [2.24, 2.45) is 5.73 Å². The van der Waals surface area contributed by atoms with Crippen molar-refractivity contribution in [1.82, 2.24) is 5.32 Å². The SMILES string of the molecule is NC(=O)c1ccc(NCC2COCCN2)cc1Br. The highest BCUT2D eigenvalue weighted by atomic mass is 79.9. The molecule has 1 aromatic carbocycles. The number of primary amides is 1. The van der Waals surface area contributed by atoms with Crippen molar-refractivity contribution in [3.63, 3.8) is 0 Å². The Morgan fingerprint density at radius 3 is 3.06 bits per heavy atom. The molecule has 0 spiro atoms. The minimum Gasteiger partial charge on any atom is -0.383 e. The summed E-state index contributed by atoms with van der Waals surface area (Å²) in [7, 11) is 0. The van der Waals surface area contributed by atoms with Gasteiger partial charge in [-0.25, -0.2) is 0 Å². The number of carbonyl (C=O) groups excluding carboxylic acids is 1. The Hall–Kier alpha value is -1.11. The van der Waals surface area contributed by atoms with Gasteiger partial charge in [0.25, 0.3) is 0 Å². The van der Waals surface area contributed by atoms with Crippen LogP contribution in [0, 0.1) is 0 Å². The van der Waals surface area contributed by atoms with Crippen molar-refractivity contribution < 1.29 is 9.53 Å². The molecule has 98 valence electrons. The number of hydrogen-bond acceptors (Lipinski definition) is 4. The molecule has 18 heavy (non-hydrogen) atoms. The summed E-state index contributed by atoms with van der Waals surface area (Å²) < 4.78 is 6.07. The molecule has 0 aromatic heterocycles. The highest BCUT2D eigenvalue weighted by Crippen LogP contribution is 2.21. The number of benzene rings is 1. The summed E-state index contributed by atoms with van der Waals surface area (Å²) in [6.07, 6.45) is 0. The Labute approximate surface area is 114 Å². The van der Waals surface area contributed by atoms with Crippen LogP contribution in [0.3, 0.4) is 0 Å². The zero-order valence-corrected chi connectivity index (χ0v) is 11.5. The van der Waals surface area contributed by atoms with Crippen molar-refractivity contribution in [3.05, 3.63) is 28.2 Å². The average molecular weight is 314 g/mol. The average Bonchev–Trinajstić information content (AvgIpc) is 2.37. The van der Waals surface area contributed by atoms with Gasteiger partial charge in [-0.1, -0.05) is 0 Å². The zero-order chi connectivity index (χ0) is 13.0. The van der Waals surface area contributed by atoms with E-state index in [4.69, 9.17) is 10.5 Å². The standard InChI is InChI=1S/C12H16BrN3O2/c13-11-5-8(1-2-10(11)12(14)17)16-6-9-7-18-4-3-15-9/h1-2,5,9,15-16H,3-4,6-7H2,(H2,14,17). The van der Waals surface area contributed by atoms with Crippen molar-refractivity contribution in [2.45, 2.75) is 6.04 Å². The van der Waals surface area contributed by atoms with E-state index in [0.29, 0.717) is 22.7 Å². The van der Waals surface area contributed by atoms with Crippen LogP contribution in [0.15, 0.2) is 22.7 Å². The van der Waals surface area contributed by atoms with Gasteiger partial charge in [0, 0.05) is 29.3 Å². The van der Waals surface area contributed by atoms with Gasteiger partial charge in [0.15, 0.2) is 0 Å². The summed E-state index contributed by atoms with van der Waals surface area (Å²) >= 11 is 3.33. The molecule has 1 aromatic rings. The Bertz CT molecular complexity index is 433. The summed E-state index contributed by atoms with van der Waals surface area (Å²) in [6, 6.07) is 5.71. The molecule has 0 aliphatic carbocycles. The maximum atomic E-state index is 11.1. The molecule has 1 saturated heterocycles. The molecular formula is C12H16BrN3O2. The topological polar surface area (TPSA) is 76.4 Å². The van der Waals surface area contributed by atoms with Gasteiger partial charge in [0.2, 0.25) is 5.91 Å². The Morgan fingerprint density at radius 1 is 1.61 bits per heavy atom.